The van der Waals surface area contributed by atoms with Gasteiger partial charge in [0.1, 0.15) is 0 Å². The fourth-order valence-corrected chi connectivity index (χ4v) is 2.40. The zero-order valence-corrected chi connectivity index (χ0v) is 11.7. The minimum Gasteiger partial charge on any atom is -0.348 e. The summed E-state index contributed by atoms with van der Waals surface area (Å²) in [5, 5.41) is 16.5. The van der Waals surface area contributed by atoms with Gasteiger partial charge in [0.25, 0.3) is 5.91 Å². The molecule has 2 heterocycles. The van der Waals surface area contributed by atoms with Crippen molar-refractivity contribution in [2.45, 2.75) is 6.42 Å². The van der Waals surface area contributed by atoms with Crippen molar-refractivity contribution in [3.05, 3.63) is 38.8 Å². The molecule has 1 aromatic rings. The molecule has 8 heteroatoms. The summed E-state index contributed by atoms with van der Waals surface area (Å²) in [5.74, 6) is -0.257. The third kappa shape index (κ3) is 4.30. The number of hydrogen-bond acceptors (Lipinski definition) is 5. The lowest BCUT2D eigenvalue weighted by Crippen LogP contribution is -2.29. The predicted molar refractivity (Wildman–Crippen MR) is 76.1 cm³/mol. The number of amides is 1. The van der Waals surface area contributed by atoms with Crippen molar-refractivity contribution in [1.82, 2.24) is 10.6 Å². The number of carbonyl (C=O) groups is 1. The Morgan fingerprint density at radius 1 is 1.53 bits per heavy atom. The van der Waals surface area contributed by atoms with E-state index >= 15 is 0 Å². The van der Waals surface area contributed by atoms with E-state index < -0.39 is 4.92 Å². The first-order chi connectivity index (χ1) is 8.66. The average molecular weight is 304 g/mol. The molecule has 0 aromatic carbocycles. The van der Waals surface area contributed by atoms with Crippen LogP contribution < -0.4 is 10.6 Å². The van der Waals surface area contributed by atoms with Crippen molar-refractivity contribution >= 4 is 34.7 Å². The van der Waals surface area contributed by atoms with Crippen LogP contribution in [0.25, 0.3) is 0 Å². The molecule has 6 nitrogen and oxygen atoms in total. The molecule has 2 rings (SSSR count). The number of rotatable bonds is 4. The Morgan fingerprint density at radius 2 is 2.32 bits per heavy atom. The van der Waals surface area contributed by atoms with Gasteiger partial charge < -0.3 is 10.6 Å². The Hall–Kier alpha value is -1.44. The molecule has 1 aliphatic heterocycles. The maximum Gasteiger partial charge on any atom is 0.324 e. The normalized spacial score (nSPS) is 14.2. The van der Waals surface area contributed by atoms with E-state index in [4.69, 9.17) is 0 Å². The maximum absolute atomic E-state index is 11.8. The number of thiophene rings is 1. The molecule has 0 atom stereocenters. The molecule has 0 radical (unpaired) electrons. The van der Waals surface area contributed by atoms with E-state index in [1.165, 1.54) is 17.7 Å². The van der Waals surface area contributed by atoms with Crippen LogP contribution in [0, 0.1) is 10.1 Å². The quantitative estimate of drug-likeness (QED) is 0.504. The van der Waals surface area contributed by atoms with Crippen LogP contribution in [0.2, 0.25) is 0 Å². The van der Waals surface area contributed by atoms with Crippen LogP contribution in [0.15, 0.2) is 23.8 Å². The van der Waals surface area contributed by atoms with Crippen molar-refractivity contribution in [3.63, 3.8) is 0 Å². The first kappa shape index (κ1) is 15.6. The number of nitrogens with one attached hydrogen (secondary N) is 2. The third-order valence-corrected chi connectivity index (χ3v) is 3.67. The Balaban J connectivity index is 0.00000180. The molecule has 104 valence electrons. The Bertz CT molecular complexity index is 501. The zero-order chi connectivity index (χ0) is 13.0. The van der Waals surface area contributed by atoms with Crippen molar-refractivity contribution in [2.24, 2.45) is 0 Å². The van der Waals surface area contributed by atoms with E-state index in [9.17, 15) is 14.9 Å². The van der Waals surface area contributed by atoms with Crippen LogP contribution in [0.5, 0.6) is 0 Å². The lowest BCUT2D eigenvalue weighted by atomic mass is 10.1. The summed E-state index contributed by atoms with van der Waals surface area (Å²) < 4.78 is 0. The smallest absolute Gasteiger partial charge is 0.324 e. The van der Waals surface area contributed by atoms with Gasteiger partial charge >= 0.3 is 5.00 Å². The molecule has 0 unspecified atom stereocenters. The van der Waals surface area contributed by atoms with E-state index in [1.807, 2.05) is 0 Å². The Labute approximate surface area is 120 Å². The van der Waals surface area contributed by atoms with E-state index in [2.05, 4.69) is 16.7 Å². The SMILES string of the molecule is Cl.O=C(NCC1=CCNCC1)c1ccc([N+](=O)[O-])s1. The van der Waals surface area contributed by atoms with Crippen LogP contribution in [0.4, 0.5) is 5.00 Å². The molecular formula is C11H14ClN3O3S. The fourth-order valence-electron chi connectivity index (χ4n) is 1.66. The maximum atomic E-state index is 11.8. The standard InChI is InChI=1S/C11H13N3O3S.ClH/c15-11(9-1-2-10(18-9)14(16)17)13-7-8-3-5-12-6-4-8;/h1-3,12H,4-7H2,(H,13,15);1H. The van der Waals surface area contributed by atoms with Crippen LogP contribution >= 0.6 is 23.7 Å². The summed E-state index contributed by atoms with van der Waals surface area (Å²) in [6, 6.07) is 2.83. The van der Waals surface area contributed by atoms with Gasteiger partial charge in [-0.1, -0.05) is 23.0 Å². The molecule has 1 aromatic heterocycles. The number of hydrogen-bond donors (Lipinski definition) is 2. The van der Waals surface area contributed by atoms with E-state index in [0.29, 0.717) is 11.4 Å². The fraction of sp³-hybridized carbons (Fsp3) is 0.364. The molecule has 19 heavy (non-hydrogen) atoms. The molecule has 1 amide bonds. The summed E-state index contributed by atoms with van der Waals surface area (Å²) in [7, 11) is 0. The van der Waals surface area contributed by atoms with Gasteiger partial charge in [-0.15, -0.1) is 12.4 Å². The molecule has 0 fully saturated rings. The van der Waals surface area contributed by atoms with Crippen LogP contribution in [0.3, 0.4) is 0 Å². The van der Waals surface area contributed by atoms with Gasteiger partial charge in [-0.2, -0.15) is 0 Å². The third-order valence-electron chi connectivity index (χ3n) is 2.63. The minimum absolute atomic E-state index is 0. The van der Waals surface area contributed by atoms with Crippen LogP contribution in [0.1, 0.15) is 16.1 Å². The lowest BCUT2D eigenvalue weighted by Gasteiger charge is -2.14. The summed E-state index contributed by atoms with van der Waals surface area (Å²) in [6.45, 7) is 2.26. The molecule has 2 N–H and O–H groups in total. The highest BCUT2D eigenvalue weighted by atomic mass is 35.5. The van der Waals surface area contributed by atoms with Gasteiger partial charge in [0, 0.05) is 19.2 Å². The van der Waals surface area contributed by atoms with E-state index in [0.717, 1.165) is 30.8 Å². The second-order valence-electron chi connectivity index (χ2n) is 3.89. The number of carbonyl (C=O) groups excluding carboxylic acids is 1. The summed E-state index contributed by atoms with van der Waals surface area (Å²) in [6.07, 6.45) is 2.98. The molecule has 0 saturated carbocycles. The Morgan fingerprint density at radius 3 is 2.89 bits per heavy atom. The van der Waals surface area contributed by atoms with Crippen molar-refractivity contribution in [2.75, 3.05) is 19.6 Å². The zero-order valence-electron chi connectivity index (χ0n) is 10.0. The first-order valence-corrected chi connectivity index (χ1v) is 6.39. The van der Waals surface area contributed by atoms with Crippen molar-refractivity contribution in [3.8, 4) is 0 Å². The van der Waals surface area contributed by atoms with E-state index in [-0.39, 0.29) is 23.3 Å². The molecule has 0 saturated heterocycles. The number of nitro groups is 1. The minimum atomic E-state index is -0.489. The van der Waals surface area contributed by atoms with Gasteiger partial charge in [0.2, 0.25) is 0 Å². The second-order valence-corrected chi connectivity index (χ2v) is 4.96. The molecule has 0 spiro atoms. The topological polar surface area (TPSA) is 84.3 Å². The first-order valence-electron chi connectivity index (χ1n) is 5.58. The second kappa shape index (κ2) is 7.22. The van der Waals surface area contributed by atoms with Crippen molar-refractivity contribution in [1.29, 1.82) is 0 Å². The van der Waals surface area contributed by atoms with Gasteiger partial charge in [-0.05, 0) is 19.0 Å². The number of nitrogens with zero attached hydrogens (tertiary/aromatic N) is 1. The highest BCUT2D eigenvalue weighted by molar-refractivity contribution is 7.17. The summed E-state index contributed by atoms with van der Waals surface area (Å²) >= 11 is 0.893. The van der Waals surface area contributed by atoms with Crippen LogP contribution in [-0.4, -0.2) is 30.5 Å². The van der Waals surface area contributed by atoms with Gasteiger partial charge in [0.15, 0.2) is 0 Å². The van der Waals surface area contributed by atoms with Gasteiger partial charge in [-0.25, -0.2) is 0 Å². The predicted octanol–water partition coefficient (Wildman–Crippen LogP) is 1.73. The number of halogens is 1. The van der Waals surface area contributed by atoms with E-state index in [1.54, 1.807) is 0 Å². The highest BCUT2D eigenvalue weighted by Crippen LogP contribution is 2.23. The van der Waals surface area contributed by atoms with Crippen molar-refractivity contribution < 1.29 is 9.72 Å². The highest BCUT2D eigenvalue weighted by Gasteiger charge is 2.15. The largest absolute Gasteiger partial charge is 0.348 e. The summed E-state index contributed by atoms with van der Waals surface area (Å²) in [4.78, 5) is 22.1. The average Bonchev–Trinajstić information content (AvgIpc) is 2.87. The molecule has 0 bridgehead atoms. The molecular weight excluding hydrogens is 290 g/mol. The lowest BCUT2D eigenvalue weighted by molar-refractivity contribution is -0.380. The van der Waals surface area contributed by atoms with Gasteiger partial charge in [-0.3, -0.25) is 14.9 Å². The molecule has 1 aliphatic rings. The van der Waals surface area contributed by atoms with Gasteiger partial charge in [0.05, 0.1) is 9.80 Å². The monoisotopic (exact) mass is 303 g/mol. The molecule has 0 aliphatic carbocycles. The van der Waals surface area contributed by atoms with Crippen LogP contribution in [-0.2, 0) is 0 Å². The summed E-state index contributed by atoms with van der Waals surface area (Å²) in [5.41, 5.74) is 1.19. The Kier molecular flexibility index (Phi) is 5.94.